The van der Waals surface area contributed by atoms with Gasteiger partial charge in [-0.1, -0.05) is 17.7 Å². The summed E-state index contributed by atoms with van der Waals surface area (Å²) in [6.45, 7) is 6.64. The molecule has 142 valence electrons. The van der Waals surface area contributed by atoms with Crippen LogP contribution in [-0.2, 0) is 10.0 Å². The SMILES string of the molecule is CCOc1ccc(-c2nccn2S(=O)(=O)c2ccc(C)cc2)c(OCC)c1. The second-order valence-electron chi connectivity index (χ2n) is 5.89. The fourth-order valence-electron chi connectivity index (χ4n) is 2.72. The number of hydrogen-bond acceptors (Lipinski definition) is 5. The first kappa shape index (κ1) is 19.0. The Morgan fingerprint density at radius 2 is 1.70 bits per heavy atom. The van der Waals surface area contributed by atoms with E-state index in [1.54, 1.807) is 42.5 Å². The summed E-state index contributed by atoms with van der Waals surface area (Å²) in [5.41, 5.74) is 1.57. The van der Waals surface area contributed by atoms with Crippen LogP contribution in [0.1, 0.15) is 19.4 Å². The highest BCUT2D eigenvalue weighted by molar-refractivity contribution is 7.90. The fourth-order valence-corrected chi connectivity index (χ4v) is 4.01. The zero-order valence-corrected chi connectivity index (χ0v) is 16.4. The third-order valence-electron chi connectivity index (χ3n) is 3.99. The molecule has 6 nitrogen and oxygen atoms in total. The first-order chi connectivity index (χ1) is 13.0. The summed E-state index contributed by atoms with van der Waals surface area (Å²) in [4.78, 5) is 4.48. The Balaban J connectivity index is 2.11. The third-order valence-corrected chi connectivity index (χ3v) is 5.67. The molecule has 1 aromatic heterocycles. The maximum absolute atomic E-state index is 13.1. The van der Waals surface area contributed by atoms with Crippen LogP contribution in [0.4, 0.5) is 0 Å². The predicted octanol–water partition coefficient (Wildman–Crippen LogP) is 3.89. The summed E-state index contributed by atoms with van der Waals surface area (Å²) in [5.74, 6) is 1.47. The van der Waals surface area contributed by atoms with Gasteiger partial charge in [0.25, 0.3) is 10.0 Å². The fraction of sp³-hybridized carbons (Fsp3) is 0.250. The van der Waals surface area contributed by atoms with E-state index in [4.69, 9.17) is 9.47 Å². The van der Waals surface area contributed by atoms with E-state index >= 15 is 0 Å². The number of rotatable bonds is 7. The zero-order valence-electron chi connectivity index (χ0n) is 15.5. The Kier molecular flexibility index (Phi) is 5.51. The molecule has 0 spiro atoms. The van der Waals surface area contributed by atoms with Gasteiger partial charge in [0.15, 0.2) is 5.82 Å². The van der Waals surface area contributed by atoms with Crippen LogP contribution in [0.15, 0.2) is 59.8 Å². The van der Waals surface area contributed by atoms with Gasteiger partial charge in [0.2, 0.25) is 0 Å². The lowest BCUT2D eigenvalue weighted by molar-refractivity contribution is 0.324. The smallest absolute Gasteiger partial charge is 0.269 e. The van der Waals surface area contributed by atoms with Crippen molar-refractivity contribution in [2.45, 2.75) is 25.7 Å². The summed E-state index contributed by atoms with van der Waals surface area (Å²) in [6, 6.07) is 12.0. The minimum atomic E-state index is -3.78. The number of benzene rings is 2. The topological polar surface area (TPSA) is 70.4 Å². The maximum Gasteiger partial charge on any atom is 0.269 e. The Hall–Kier alpha value is -2.80. The van der Waals surface area contributed by atoms with Crippen LogP contribution >= 0.6 is 0 Å². The molecule has 0 aliphatic carbocycles. The van der Waals surface area contributed by atoms with Crippen molar-refractivity contribution in [3.63, 3.8) is 0 Å². The van der Waals surface area contributed by atoms with Gasteiger partial charge in [0, 0.05) is 18.5 Å². The third kappa shape index (κ3) is 3.83. The molecule has 0 amide bonds. The minimum Gasteiger partial charge on any atom is -0.494 e. The molecule has 0 saturated heterocycles. The average Bonchev–Trinajstić information content (AvgIpc) is 3.13. The molecule has 0 N–H and O–H groups in total. The quantitative estimate of drug-likeness (QED) is 0.616. The number of aromatic nitrogens is 2. The highest BCUT2D eigenvalue weighted by Gasteiger charge is 2.23. The molecule has 0 unspecified atom stereocenters. The van der Waals surface area contributed by atoms with Gasteiger partial charge in [-0.05, 0) is 45.0 Å². The van der Waals surface area contributed by atoms with Gasteiger partial charge in [-0.2, -0.15) is 0 Å². The van der Waals surface area contributed by atoms with Gasteiger partial charge < -0.3 is 9.47 Å². The average molecular weight is 386 g/mol. The molecule has 0 bridgehead atoms. The predicted molar refractivity (Wildman–Crippen MR) is 104 cm³/mol. The lowest BCUT2D eigenvalue weighted by Gasteiger charge is -2.14. The van der Waals surface area contributed by atoms with E-state index < -0.39 is 10.0 Å². The summed E-state index contributed by atoms with van der Waals surface area (Å²) in [7, 11) is -3.78. The van der Waals surface area contributed by atoms with Gasteiger partial charge in [0.1, 0.15) is 11.5 Å². The first-order valence-corrected chi connectivity index (χ1v) is 10.2. The van der Waals surface area contributed by atoms with Crippen molar-refractivity contribution < 1.29 is 17.9 Å². The Labute approximate surface area is 159 Å². The van der Waals surface area contributed by atoms with Gasteiger partial charge in [0.05, 0.1) is 23.7 Å². The first-order valence-electron chi connectivity index (χ1n) is 8.73. The molecular formula is C20H22N2O4S. The highest BCUT2D eigenvalue weighted by Crippen LogP contribution is 2.34. The van der Waals surface area contributed by atoms with Crippen LogP contribution < -0.4 is 9.47 Å². The minimum absolute atomic E-state index is 0.205. The molecule has 1 heterocycles. The molecule has 27 heavy (non-hydrogen) atoms. The molecule has 0 aliphatic heterocycles. The maximum atomic E-state index is 13.1. The molecule has 0 saturated carbocycles. The van der Waals surface area contributed by atoms with Crippen molar-refractivity contribution in [2.24, 2.45) is 0 Å². The zero-order chi connectivity index (χ0) is 19.4. The van der Waals surface area contributed by atoms with E-state index in [0.717, 1.165) is 5.56 Å². The summed E-state index contributed by atoms with van der Waals surface area (Å²) in [6.07, 6.45) is 2.91. The summed E-state index contributed by atoms with van der Waals surface area (Å²) >= 11 is 0. The molecular weight excluding hydrogens is 364 g/mol. The Morgan fingerprint density at radius 3 is 2.37 bits per heavy atom. The number of hydrogen-bond donors (Lipinski definition) is 0. The van der Waals surface area contributed by atoms with E-state index in [0.29, 0.717) is 36.1 Å². The molecule has 2 aromatic carbocycles. The number of ether oxygens (including phenoxy) is 2. The lowest BCUT2D eigenvalue weighted by Crippen LogP contribution is -2.14. The summed E-state index contributed by atoms with van der Waals surface area (Å²) < 4.78 is 38.6. The van der Waals surface area contributed by atoms with Crippen molar-refractivity contribution in [1.29, 1.82) is 0 Å². The van der Waals surface area contributed by atoms with Gasteiger partial charge >= 0.3 is 0 Å². The van der Waals surface area contributed by atoms with Gasteiger partial charge in [-0.25, -0.2) is 17.4 Å². The molecule has 3 rings (SSSR count). The van der Waals surface area contributed by atoms with E-state index in [9.17, 15) is 8.42 Å². The second kappa shape index (κ2) is 7.84. The van der Waals surface area contributed by atoms with Crippen LogP contribution in [0.5, 0.6) is 11.5 Å². The monoisotopic (exact) mass is 386 g/mol. The molecule has 0 radical (unpaired) electrons. The normalized spacial score (nSPS) is 11.4. The van der Waals surface area contributed by atoms with Crippen LogP contribution in [0, 0.1) is 6.92 Å². The van der Waals surface area contributed by atoms with Crippen LogP contribution in [0.3, 0.4) is 0 Å². The number of nitrogens with zero attached hydrogens (tertiary/aromatic N) is 2. The van der Waals surface area contributed by atoms with E-state index in [1.807, 2.05) is 20.8 Å². The highest BCUT2D eigenvalue weighted by atomic mass is 32.2. The van der Waals surface area contributed by atoms with Crippen molar-refractivity contribution in [2.75, 3.05) is 13.2 Å². The van der Waals surface area contributed by atoms with Crippen molar-refractivity contribution in [3.05, 3.63) is 60.4 Å². The largest absolute Gasteiger partial charge is 0.494 e. The van der Waals surface area contributed by atoms with Crippen molar-refractivity contribution in [1.82, 2.24) is 8.96 Å². The molecule has 7 heteroatoms. The van der Waals surface area contributed by atoms with Crippen molar-refractivity contribution in [3.8, 4) is 22.9 Å². The molecule has 0 fully saturated rings. The van der Waals surface area contributed by atoms with Crippen molar-refractivity contribution >= 4 is 10.0 Å². The second-order valence-corrected chi connectivity index (χ2v) is 7.70. The molecule has 3 aromatic rings. The Bertz CT molecular complexity index is 1020. The Morgan fingerprint density at radius 1 is 1.00 bits per heavy atom. The molecule has 0 aliphatic rings. The van der Waals surface area contributed by atoms with Gasteiger partial charge in [-0.15, -0.1) is 0 Å². The van der Waals surface area contributed by atoms with Gasteiger partial charge in [-0.3, -0.25) is 0 Å². The number of aryl methyl sites for hydroxylation is 1. The van der Waals surface area contributed by atoms with E-state index in [2.05, 4.69) is 4.98 Å². The van der Waals surface area contributed by atoms with E-state index in [-0.39, 0.29) is 4.90 Å². The lowest BCUT2D eigenvalue weighted by atomic mass is 10.2. The standard InChI is InChI=1S/C20H22N2O4S/c1-4-25-16-8-11-18(19(14-16)26-5-2)20-21-12-13-22(20)27(23,24)17-9-6-15(3)7-10-17/h6-14H,4-5H2,1-3H3. The summed E-state index contributed by atoms with van der Waals surface area (Å²) in [5, 5.41) is 0. The van der Waals surface area contributed by atoms with Crippen LogP contribution in [-0.4, -0.2) is 30.6 Å². The van der Waals surface area contributed by atoms with E-state index in [1.165, 1.54) is 16.4 Å². The molecule has 0 atom stereocenters. The van der Waals surface area contributed by atoms with Crippen LogP contribution in [0.2, 0.25) is 0 Å². The number of imidazole rings is 1. The van der Waals surface area contributed by atoms with Crippen LogP contribution in [0.25, 0.3) is 11.4 Å².